The second-order valence-corrected chi connectivity index (χ2v) is 4.84. The van der Waals surface area contributed by atoms with E-state index < -0.39 is 0 Å². The van der Waals surface area contributed by atoms with Gasteiger partial charge in [-0.3, -0.25) is 0 Å². The summed E-state index contributed by atoms with van der Waals surface area (Å²) in [6.45, 7) is 4.34. The van der Waals surface area contributed by atoms with Crippen molar-refractivity contribution in [1.82, 2.24) is 4.90 Å². The van der Waals surface area contributed by atoms with Crippen molar-refractivity contribution in [3.8, 4) is 0 Å². The van der Waals surface area contributed by atoms with Crippen molar-refractivity contribution in [2.24, 2.45) is 5.41 Å². The lowest BCUT2D eigenvalue weighted by molar-refractivity contribution is -0.113. The van der Waals surface area contributed by atoms with Gasteiger partial charge in [0.2, 0.25) is 0 Å². The number of hydrogen-bond donors (Lipinski definition) is 0. The van der Waals surface area contributed by atoms with Gasteiger partial charge in [0.25, 0.3) is 0 Å². The van der Waals surface area contributed by atoms with Gasteiger partial charge in [-0.1, -0.05) is 12.2 Å². The molecule has 1 unspecified atom stereocenters. The molecule has 0 amide bonds. The Morgan fingerprint density at radius 2 is 2.07 bits per heavy atom. The minimum atomic E-state index is -0.265. The van der Waals surface area contributed by atoms with E-state index in [4.69, 9.17) is 0 Å². The van der Waals surface area contributed by atoms with E-state index in [2.05, 4.69) is 17.1 Å². The van der Waals surface area contributed by atoms with Crippen molar-refractivity contribution in [2.45, 2.75) is 32.6 Å². The monoisotopic (exact) mass is 205 g/mol. The van der Waals surface area contributed by atoms with E-state index in [1.807, 2.05) is 13.0 Å². The zero-order chi connectivity index (χ0) is 10.7. The number of likely N-dealkylation sites (tertiary alicyclic amines) is 1. The van der Waals surface area contributed by atoms with Crippen LogP contribution in [0.25, 0.3) is 0 Å². The number of carbonyl (C=O) groups excluding carboxylic acids is 1. The first-order chi connectivity index (χ1) is 7.23. The maximum absolute atomic E-state index is 10.9. The molecule has 1 aliphatic carbocycles. The highest BCUT2D eigenvalue weighted by atomic mass is 16.1. The third kappa shape index (κ3) is 2.31. The molecule has 0 aromatic rings. The van der Waals surface area contributed by atoms with Crippen LogP contribution >= 0.6 is 0 Å². The summed E-state index contributed by atoms with van der Waals surface area (Å²) in [6.07, 6.45) is 12.2. The largest absolute Gasteiger partial charge is 0.372 e. The molecule has 0 aromatic heterocycles. The topological polar surface area (TPSA) is 20.3 Å². The van der Waals surface area contributed by atoms with Gasteiger partial charge in [-0.05, 0) is 38.7 Å². The van der Waals surface area contributed by atoms with Crippen LogP contribution in [0.5, 0.6) is 0 Å². The summed E-state index contributed by atoms with van der Waals surface area (Å²) in [4.78, 5) is 13.3. The minimum Gasteiger partial charge on any atom is -0.372 e. The van der Waals surface area contributed by atoms with E-state index in [0.717, 1.165) is 12.7 Å². The highest BCUT2D eigenvalue weighted by Gasteiger charge is 2.23. The molecule has 1 saturated heterocycles. The van der Waals surface area contributed by atoms with Crippen LogP contribution in [-0.2, 0) is 4.79 Å². The maximum Gasteiger partial charge on any atom is 0.129 e. The number of carbonyl (C=O) groups is 1. The van der Waals surface area contributed by atoms with E-state index in [1.54, 1.807) is 0 Å². The summed E-state index contributed by atoms with van der Waals surface area (Å²) in [5.74, 6) is 0. The molecule has 0 aromatic carbocycles. The first kappa shape index (κ1) is 10.5. The summed E-state index contributed by atoms with van der Waals surface area (Å²) in [5, 5.41) is 0. The average molecular weight is 205 g/mol. The van der Waals surface area contributed by atoms with Gasteiger partial charge in [0, 0.05) is 24.2 Å². The highest BCUT2D eigenvalue weighted by Crippen LogP contribution is 2.29. The third-order valence-corrected chi connectivity index (χ3v) is 3.38. The molecule has 2 heteroatoms. The second-order valence-electron chi connectivity index (χ2n) is 4.84. The summed E-state index contributed by atoms with van der Waals surface area (Å²) < 4.78 is 0. The Bertz CT molecular complexity index is 300. The van der Waals surface area contributed by atoms with Crippen molar-refractivity contribution in [1.29, 1.82) is 0 Å². The van der Waals surface area contributed by atoms with Crippen LogP contribution in [0.3, 0.4) is 0 Å². The predicted octanol–water partition coefficient (Wildman–Crippen LogP) is 2.52. The van der Waals surface area contributed by atoms with Crippen LogP contribution in [-0.4, -0.2) is 24.3 Å². The van der Waals surface area contributed by atoms with Crippen LogP contribution in [0.15, 0.2) is 23.9 Å². The normalized spacial score (nSPS) is 31.3. The zero-order valence-corrected chi connectivity index (χ0v) is 9.41. The number of nitrogens with zero attached hydrogens (tertiary/aromatic N) is 1. The van der Waals surface area contributed by atoms with Crippen LogP contribution in [0, 0.1) is 5.41 Å². The summed E-state index contributed by atoms with van der Waals surface area (Å²) in [7, 11) is 0. The highest BCUT2D eigenvalue weighted by molar-refractivity contribution is 5.63. The van der Waals surface area contributed by atoms with Crippen molar-refractivity contribution in [3.05, 3.63) is 23.9 Å². The molecule has 15 heavy (non-hydrogen) atoms. The Morgan fingerprint density at radius 3 is 2.60 bits per heavy atom. The molecule has 2 rings (SSSR count). The van der Waals surface area contributed by atoms with Gasteiger partial charge in [0.15, 0.2) is 0 Å². The maximum atomic E-state index is 10.9. The summed E-state index contributed by atoms with van der Waals surface area (Å²) in [6, 6.07) is 0. The van der Waals surface area contributed by atoms with Crippen molar-refractivity contribution < 1.29 is 4.79 Å². The average Bonchev–Trinajstić information content (AvgIpc) is 2.31. The molecule has 0 saturated carbocycles. The standard InChI is InChI=1S/C13H19NO/c1-13(11-15)7-5-12(6-8-13)14-9-3-2-4-10-14/h5-7,11H,2-4,8-10H2,1H3. The second kappa shape index (κ2) is 4.21. The third-order valence-electron chi connectivity index (χ3n) is 3.38. The molecule has 1 atom stereocenters. The van der Waals surface area contributed by atoms with Gasteiger partial charge in [-0.2, -0.15) is 0 Å². The van der Waals surface area contributed by atoms with Gasteiger partial charge < -0.3 is 9.69 Å². The molecular formula is C13H19NO. The first-order valence-electron chi connectivity index (χ1n) is 5.84. The molecule has 2 nitrogen and oxygen atoms in total. The number of piperidine rings is 1. The lowest BCUT2D eigenvalue weighted by Crippen LogP contribution is -2.30. The number of rotatable bonds is 2. The SMILES string of the molecule is CC1(C=O)C=CC(N2CCCCC2)=CC1. The van der Waals surface area contributed by atoms with E-state index in [1.165, 1.54) is 38.0 Å². The first-order valence-corrected chi connectivity index (χ1v) is 5.84. The Morgan fingerprint density at radius 1 is 1.33 bits per heavy atom. The van der Waals surface area contributed by atoms with Gasteiger partial charge in [0.05, 0.1) is 0 Å². The van der Waals surface area contributed by atoms with Crippen LogP contribution in [0.2, 0.25) is 0 Å². The molecule has 0 radical (unpaired) electrons. The molecule has 0 bridgehead atoms. The van der Waals surface area contributed by atoms with E-state index in [0.29, 0.717) is 0 Å². The smallest absolute Gasteiger partial charge is 0.129 e. The molecule has 1 fully saturated rings. The fraction of sp³-hybridized carbons (Fsp3) is 0.615. The number of allylic oxidation sites excluding steroid dienone is 3. The fourth-order valence-corrected chi connectivity index (χ4v) is 2.21. The van der Waals surface area contributed by atoms with Crippen molar-refractivity contribution in [3.63, 3.8) is 0 Å². The fourth-order valence-electron chi connectivity index (χ4n) is 2.21. The Kier molecular flexibility index (Phi) is 2.94. The zero-order valence-electron chi connectivity index (χ0n) is 9.41. The molecule has 1 aliphatic heterocycles. The number of aldehydes is 1. The Hall–Kier alpha value is -1.05. The molecular weight excluding hydrogens is 186 g/mol. The Labute approximate surface area is 91.6 Å². The van der Waals surface area contributed by atoms with Gasteiger partial charge >= 0.3 is 0 Å². The quantitative estimate of drug-likeness (QED) is 0.646. The van der Waals surface area contributed by atoms with Gasteiger partial charge in [-0.25, -0.2) is 0 Å². The molecule has 82 valence electrons. The Balaban J connectivity index is 2.01. The lowest BCUT2D eigenvalue weighted by Gasteiger charge is -2.32. The lowest BCUT2D eigenvalue weighted by atomic mass is 9.84. The van der Waals surface area contributed by atoms with Crippen molar-refractivity contribution in [2.75, 3.05) is 13.1 Å². The summed E-state index contributed by atoms with van der Waals surface area (Å²) in [5.41, 5.74) is 1.05. The van der Waals surface area contributed by atoms with E-state index in [-0.39, 0.29) is 5.41 Å². The van der Waals surface area contributed by atoms with E-state index >= 15 is 0 Å². The minimum absolute atomic E-state index is 0.265. The van der Waals surface area contributed by atoms with Crippen LogP contribution in [0.1, 0.15) is 32.6 Å². The predicted molar refractivity (Wildman–Crippen MR) is 61.4 cm³/mol. The van der Waals surface area contributed by atoms with Gasteiger partial charge in [0.1, 0.15) is 6.29 Å². The van der Waals surface area contributed by atoms with E-state index in [9.17, 15) is 4.79 Å². The van der Waals surface area contributed by atoms with Crippen LogP contribution < -0.4 is 0 Å². The van der Waals surface area contributed by atoms with Gasteiger partial charge in [-0.15, -0.1) is 0 Å². The molecule has 2 aliphatic rings. The number of hydrogen-bond acceptors (Lipinski definition) is 2. The summed E-state index contributed by atoms with van der Waals surface area (Å²) >= 11 is 0. The molecule has 1 heterocycles. The van der Waals surface area contributed by atoms with Crippen molar-refractivity contribution >= 4 is 6.29 Å². The van der Waals surface area contributed by atoms with Crippen LogP contribution in [0.4, 0.5) is 0 Å². The molecule has 0 spiro atoms. The molecule has 0 N–H and O–H groups in total.